The number of nitrogens with zero attached hydrogens (tertiary/aromatic N) is 2. The summed E-state index contributed by atoms with van der Waals surface area (Å²) in [6.07, 6.45) is 0. The monoisotopic (exact) mass is 538 g/mol. The van der Waals surface area contributed by atoms with Gasteiger partial charge in [-0.1, -0.05) is 117 Å². The van der Waals surface area contributed by atoms with Crippen LogP contribution in [0, 0.1) is 0 Å². The topological polar surface area (TPSA) is 6.48 Å². The Hall–Kier alpha value is -5.02. The Morgan fingerprint density at radius 1 is 0.429 bits per heavy atom. The highest BCUT2D eigenvalue weighted by Gasteiger charge is 2.43. The van der Waals surface area contributed by atoms with Crippen molar-refractivity contribution in [2.75, 3.05) is 9.80 Å². The molecule has 2 aliphatic rings. The van der Waals surface area contributed by atoms with Crippen LogP contribution in [0.3, 0.4) is 0 Å². The molecule has 0 aromatic heterocycles. The van der Waals surface area contributed by atoms with Crippen molar-refractivity contribution in [1.29, 1.82) is 0 Å². The Labute approximate surface area is 248 Å². The second-order valence-electron chi connectivity index (χ2n) is 11.8. The maximum atomic E-state index is 2.48. The molecular formula is C39H31BN2. The van der Waals surface area contributed by atoms with E-state index >= 15 is 0 Å². The summed E-state index contributed by atoms with van der Waals surface area (Å²) in [5.74, 6) is 0. The molecule has 6 aromatic carbocycles. The summed E-state index contributed by atoms with van der Waals surface area (Å²) in [6, 6.07) is 55.4. The first-order chi connectivity index (χ1) is 20.6. The number of benzene rings is 6. The Balaban J connectivity index is 1.42. The van der Waals surface area contributed by atoms with Crippen LogP contribution in [0.5, 0.6) is 0 Å². The van der Waals surface area contributed by atoms with Crippen molar-refractivity contribution < 1.29 is 0 Å². The van der Waals surface area contributed by atoms with E-state index in [0.717, 1.165) is 0 Å². The van der Waals surface area contributed by atoms with Crippen molar-refractivity contribution >= 4 is 57.2 Å². The lowest BCUT2D eigenvalue weighted by Gasteiger charge is -2.44. The van der Waals surface area contributed by atoms with Gasteiger partial charge in [0.15, 0.2) is 0 Å². The van der Waals surface area contributed by atoms with Gasteiger partial charge in [0, 0.05) is 39.5 Å². The molecule has 0 N–H and O–H groups in total. The minimum atomic E-state index is -0.143. The molecule has 2 nitrogen and oxygen atoms in total. The summed E-state index contributed by atoms with van der Waals surface area (Å²) >= 11 is 0. The summed E-state index contributed by atoms with van der Waals surface area (Å²) in [6.45, 7) is 4.80. The molecule has 8 rings (SSSR count). The van der Waals surface area contributed by atoms with Crippen molar-refractivity contribution in [2.45, 2.75) is 19.3 Å². The van der Waals surface area contributed by atoms with E-state index in [1.165, 1.54) is 61.6 Å². The van der Waals surface area contributed by atoms with E-state index in [1.54, 1.807) is 0 Å². The maximum absolute atomic E-state index is 2.48. The van der Waals surface area contributed by atoms with E-state index in [1.807, 2.05) is 0 Å². The van der Waals surface area contributed by atoms with Crippen molar-refractivity contribution in [3.05, 3.63) is 163 Å². The molecular weight excluding hydrogens is 507 g/mol. The summed E-state index contributed by atoms with van der Waals surface area (Å²) in [4.78, 5) is 4.91. The van der Waals surface area contributed by atoms with Crippen LogP contribution < -0.4 is 26.2 Å². The van der Waals surface area contributed by atoms with Crippen molar-refractivity contribution in [2.24, 2.45) is 0 Å². The van der Waals surface area contributed by atoms with Crippen molar-refractivity contribution in [3.8, 4) is 0 Å². The van der Waals surface area contributed by atoms with Crippen LogP contribution >= 0.6 is 0 Å². The molecule has 0 saturated carbocycles. The summed E-state index contributed by atoms with van der Waals surface area (Å²) in [5.41, 5.74) is 13.8. The Morgan fingerprint density at radius 2 is 0.929 bits per heavy atom. The summed E-state index contributed by atoms with van der Waals surface area (Å²) in [5, 5.41) is 0. The largest absolute Gasteiger partial charge is 0.311 e. The van der Waals surface area contributed by atoms with Crippen LogP contribution in [0.25, 0.3) is 0 Å². The summed E-state index contributed by atoms with van der Waals surface area (Å²) in [7, 11) is 0. The summed E-state index contributed by atoms with van der Waals surface area (Å²) < 4.78 is 0. The van der Waals surface area contributed by atoms with Gasteiger partial charge >= 0.3 is 0 Å². The third kappa shape index (κ3) is 3.67. The fraction of sp³-hybridized carbons (Fsp3) is 0.0769. The average molecular weight is 539 g/mol. The fourth-order valence-electron chi connectivity index (χ4n) is 7.00. The molecule has 0 fully saturated rings. The molecule has 0 aliphatic carbocycles. The third-order valence-corrected chi connectivity index (χ3v) is 9.15. The van der Waals surface area contributed by atoms with Gasteiger partial charge in [0.2, 0.25) is 0 Å². The van der Waals surface area contributed by atoms with Gasteiger partial charge in [-0.25, -0.2) is 0 Å². The van der Waals surface area contributed by atoms with Crippen molar-refractivity contribution in [3.63, 3.8) is 0 Å². The SMILES string of the molecule is CC(C)(c1ccccc1)c1ccc2c(c1)N(c1ccccc1)c1cccc3c1B2c1ccccc1N3c1ccccc1. The molecule has 3 heteroatoms. The van der Waals surface area contributed by atoms with Crippen LogP contribution in [0.15, 0.2) is 152 Å². The first-order valence-corrected chi connectivity index (χ1v) is 14.7. The van der Waals surface area contributed by atoms with Gasteiger partial charge in [-0.2, -0.15) is 0 Å². The van der Waals surface area contributed by atoms with Gasteiger partial charge in [-0.15, -0.1) is 0 Å². The lowest BCUT2D eigenvalue weighted by Crippen LogP contribution is -2.61. The van der Waals surface area contributed by atoms with E-state index in [2.05, 4.69) is 175 Å². The number of hydrogen-bond donors (Lipinski definition) is 0. The second-order valence-corrected chi connectivity index (χ2v) is 11.8. The molecule has 0 radical (unpaired) electrons. The smallest absolute Gasteiger partial charge is 0.252 e. The molecule has 0 saturated heterocycles. The molecule has 2 aliphatic heterocycles. The predicted octanol–water partition coefficient (Wildman–Crippen LogP) is 8.10. The average Bonchev–Trinajstić information content (AvgIpc) is 3.05. The molecule has 0 unspecified atom stereocenters. The number of hydrogen-bond acceptors (Lipinski definition) is 2. The first-order valence-electron chi connectivity index (χ1n) is 14.7. The van der Waals surface area contributed by atoms with Crippen molar-refractivity contribution in [1.82, 2.24) is 0 Å². The number of anilines is 6. The molecule has 0 bridgehead atoms. The van der Waals surface area contributed by atoms with Crippen LogP contribution in [-0.4, -0.2) is 6.71 Å². The highest BCUT2D eigenvalue weighted by molar-refractivity contribution is 7.00. The van der Waals surface area contributed by atoms with Crippen LogP contribution in [-0.2, 0) is 5.41 Å². The standard InChI is InChI=1S/C39H31BN2/c1-39(2,28-15-6-3-7-16-28)29-25-26-33-37(27-29)42(31-19-10-5-11-20-31)36-24-14-23-35-38(36)40(33)32-21-12-13-22-34(32)41(35)30-17-8-4-9-18-30/h3-27H,1-2H3. The number of para-hydroxylation sites is 3. The predicted molar refractivity (Wildman–Crippen MR) is 179 cm³/mol. The number of fused-ring (bicyclic) bond motifs is 4. The minimum Gasteiger partial charge on any atom is -0.311 e. The Morgan fingerprint density at radius 3 is 1.57 bits per heavy atom. The van der Waals surface area contributed by atoms with E-state index < -0.39 is 0 Å². The van der Waals surface area contributed by atoms with Crippen LogP contribution in [0.1, 0.15) is 25.0 Å². The van der Waals surface area contributed by atoms with E-state index in [9.17, 15) is 0 Å². The third-order valence-electron chi connectivity index (χ3n) is 9.15. The minimum absolute atomic E-state index is 0.135. The quantitative estimate of drug-likeness (QED) is 0.209. The van der Waals surface area contributed by atoms with Gasteiger partial charge in [-0.3, -0.25) is 0 Å². The van der Waals surface area contributed by atoms with Gasteiger partial charge in [0.05, 0.1) is 0 Å². The maximum Gasteiger partial charge on any atom is 0.252 e. The van der Waals surface area contributed by atoms with Crippen LogP contribution in [0.4, 0.5) is 34.1 Å². The van der Waals surface area contributed by atoms with E-state index in [-0.39, 0.29) is 12.1 Å². The second kappa shape index (κ2) is 9.53. The molecule has 2 heterocycles. The lowest BCUT2D eigenvalue weighted by atomic mass is 9.33. The molecule has 0 amide bonds. The normalized spacial score (nSPS) is 13.3. The van der Waals surface area contributed by atoms with E-state index in [4.69, 9.17) is 0 Å². The van der Waals surface area contributed by atoms with Gasteiger partial charge in [0.1, 0.15) is 0 Å². The fourth-order valence-corrected chi connectivity index (χ4v) is 7.00. The Bertz CT molecular complexity index is 1920. The zero-order valence-corrected chi connectivity index (χ0v) is 23.9. The highest BCUT2D eigenvalue weighted by atomic mass is 15.2. The molecule has 0 spiro atoms. The van der Waals surface area contributed by atoms with Gasteiger partial charge in [-0.05, 0) is 76.0 Å². The molecule has 42 heavy (non-hydrogen) atoms. The zero-order chi connectivity index (χ0) is 28.3. The van der Waals surface area contributed by atoms with Crippen LogP contribution in [0.2, 0.25) is 0 Å². The molecule has 0 atom stereocenters. The van der Waals surface area contributed by atoms with E-state index in [0.29, 0.717) is 0 Å². The molecule has 200 valence electrons. The first kappa shape index (κ1) is 24.8. The molecule has 6 aromatic rings. The Kier molecular flexibility index (Phi) is 5.62. The highest BCUT2D eigenvalue weighted by Crippen LogP contribution is 2.44. The van der Waals surface area contributed by atoms with Gasteiger partial charge in [0.25, 0.3) is 6.71 Å². The number of rotatable bonds is 4. The lowest BCUT2D eigenvalue weighted by molar-refractivity contribution is 0.641. The zero-order valence-electron chi connectivity index (χ0n) is 23.9. The van der Waals surface area contributed by atoms with Gasteiger partial charge < -0.3 is 9.80 Å².